The third-order valence-electron chi connectivity index (χ3n) is 3.52. The Labute approximate surface area is 119 Å². The maximum atomic E-state index is 11.9. The Morgan fingerprint density at radius 3 is 2.81 bits per heavy atom. The fourth-order valence-electron chi connectivity index (χ4n) is 2.31. The zero-order valence-electron chi connectivity index (χ0n) is 11.2. The van der Waals surface area contributed by atoms with Gasteiger partial charge in [-0.05, 0) is 12.1 Å². The summed E-state index contributed by atoms with van der Waals surface area (Å²) in [7, 11) is 1.44. The lowest BCUT2D eigenvalue weighted by atomic mass is 10.1. The number of imide groups is 1. The van der Waals surface area contributed by atoms with Crippen LogP contribution < -0.4 is 16.6 Å². The summed E-state index contributed by atoms with van der Waals surface area (Å²) in [4.78, 5) is 42.6. The number of hydrogen-bond acceptors (Lipinski definition) is 6. The summed E-state index contributed by atoms with van der Waals surface area (Å²) < 4.78 is 0. The minimum atomic E-state index is -0.649. The molecule has 0 aliphatic carbocycles. The topological polar surface area (TPSA) is 121 Å². The van der Waals surface area contributed by atoms with Crippen molar-refractivity contribution < 1.29 is 9.59 Å². The number of nitrogens with two attached hydrogens (primary N) is 1. The van der Waals surface area contributed by atoms with Crippen LogP contribution in [-0.4, -0.2) is 39.8 Å². The number of aromatic amines is 1. The highest BCUT2D eigenvalue weighted by Crippen LogP contribution is 2.25. The van der Waals surface area contributed by atoms with Crippen LogP contribution in [0.15, 0.2) is 23.3 Å². The molecule has 0 spiro atoms. The highest BCUT2D eigenvalue weighted by molar-refractivity contribution is 6.07. The van der Waals surface area contributed by atoms with Gasteiger partial charge in [0.2, 0.25) is 5.91 Å². The lowest BCUT2D eigenvalue weighted by molar-refractivity contribution is -0.136. The van der Waals surface area contributed by atoms with E-state index in [-0.39, 0.29) is 23.8 Å². The third-order valence-corrected chi connectivity index (χ3v) is 3.52. The molecule has 108 valence electrons. The van der Waals surface area contributed by atoms with Crippen LogP contribution >= 0.6 is 0 Å². The molecule has 4 N–H and O–H groups in total. The maximum absolute atomic E-state index is 11.9. The van der Waals surface area contributed by atoms with E-state index >= 15 is 0 Å². The Balaban J connectivity index is 1.98. The fraction of sp³-hybridized carbons (Fsp3) is 0.231. The summed E-state index contributed by atoms with van der Waals surface area (Å²) >= 11 is 0. The average Bonchev–Trinajstić information content (AvgIpc) is 2.68. The Bertz CT molecular complexity index is 813. The van der Waals surface area contributed by atoms with Crippen molar-refractivity contribution in [3.63, 3.8) is 0 Å². The molecule has 1 atom stereocenters. The molecule has 1 fully saturated rings. The molecular formula is C13H13N5O3. The van der Waals surface area contributed by atoms with Crippen LogP contribution in [0, 0.1) is 0 Å². The number of nitrogen functional groups attached to an aromatic ring is 1. The van der Waals surface area contributed by atoms with Gasteiger partial charge in [0.15, 0.2) is 0 Å². The summed E-state index contributed by atoms with van der Waals surface area (Å²) in [6, 6.07) is 2.44. The van der Waals surface area contributed by atoms with Crippen molar-refractivity contribution in [2.45, 2.75) is 12.5 Å². The van der Waals surface area contributed by atoms with Crippen LogP contribution in [0.5, 0.6) is 0 Å². The molecule has 2 amide bonds. The van der Waals surface area contributed by atoms with E-state index in [1.165, 1.54) is 19.4 Å². The van der Waals surface area contributed by atoms with Crippen LogP contribution in [0.3, 0.4) is 0 Å². The van der Waals surface area contributed by atoms with E-state index in [0.29, 0.717) is 22.3 Å². The first kappa shape index (κ1) is 13.1. The number of fused-ring (bicyclic) bond motifs is 1. The first-order valence-corrected chi connectivity index (χ1v) is 6.31. The van der Waals surface area contributed by atoms with Gasteiger partial charge in [0.1, 0.15) is 6.04 Å². The number of H-pyrrole nitrogens is 1. The van der Waals surface area contributed by atoms with Gasteiger partial charge >= 0.3 is 0 Å². The van der Waals surface area contributed by atoms with Gasteiger partial charge in [-0.3, -0.25) is 19.3 Å². The number of carbonyl (C=O) groups is 2. The SMILES string of the molecule is CN1C(=O)CC(Nc2cc3nc[nH]c(=O)c3cc2N)C1=O. The molecule has 1 aromatic heterocycles. The normalized spacial score (nSPS) is 18.5. The van der Waals surface area contributed by atoms with Gasteiger partial charge in [0.05, 0.1) is 35.0 Å². The van der Waals surface area contributed by atoms with E-state index in [4.69, 9.17) is 5.73 Å². The molecule has 1 aromatic carbocycles. The van der Waals surface area contributed by atoms with Gasteiger partial charge in [0.25, 0.3) is 11.5 Å². The molecular weight excluding hydrogens is 274 g/mol. The predicted octanol–water partition coefficient (Wildman–Crippen LogP) is -0.326. The van der Waals surface area contributed by atoms with Crippen LogP contribution in [0.4, 0.5) is 11.4 Å². The van der Waals surface area contributed by atoms with E-state index in [1.54, 1.807) is 6.07 Å². The van der Waals surface area contributed by atoms with Crippen LogP contribution in [0.2, 0.25) is 0 Å². The van der Waals surface area contributed by atoms with E-state index in [2.05, 4.69) is 15.3 Å². The summed E-state index contributed by atoms with van der Waals surface area (Å²) in [6.45, 7) is 0. The molecule has 0 saturated carbocycles. The number of likely N-dealkylation sites (N-methyl/N-ethyl adjacent to an activating group) is 1. The summed E-state index contributed by atoms with van der Waals surface area (Å²) in [5, 5.41) is 3.31. The van der Waals surface area contributed by atoms with E-state index in [9.17, 15) is 14.4 Å². The van der Waals surface area contributed by atoms with Crippen LogP contribution in [0.25, 0.3) is 10.9 Å². The molecule has 2 aromatic rings. The molecule has 0 radical (unpaired) electrons. The van der Waals surface area contributed by atoms with Crippen molar-refractivity contribution in [1.82, 2.24) is 14.9 Å². The smallest absolute Gasteiger partial charge is 0.258 e. The number of benzene rings is 1. The van der Waals surface area contributed by atoms with Crippen LogP contribution in [0.1, 0.15) is 6.42 Å². The molecule has 21 heavy (non-hydrogen) atoms. The molecule has 1 unspecified atom stereocenters. The second-order valence-corrected chi connectivity index (χ2v) is 4.88. The van der Waals surface area contributed by atoms with Gasteiger partial charge in [-0.15, -0.1) is 0 Å². The standard InChI is InChI=1S/C13H13N5O3/c1-18-11(19)4-10(13(18)21)17-9-3-8-6(2-7(9)14)12(20)16-5-15-8/h2-3,5,10,17H,4,14H2,1H3,(H,15,16,20). The molecule has 8 nitrogen and oxygen atoms in total. The van der Waals surface area contributed by atoms with Crippen molar-refractivity contribution in [2.24, 2.45) is 0 Å². The lowest BCUT2D eigenvalue weighted by Crippen LogP contribution is -2.32. The van der Waals surface area contributed by atoms with Crippen LogP contribution in [-0.2, 0) is 9.59 Å². The summed E-state index contributed by atoms with van der Waals surface area (Å²) in [6.07, 6.45) is 1.37. The summed E-state index contributed by atoms with van der Waals surface area (Å²) in [5.74, 6) is -0.551. The number of anilines is 2. The summed E-state index contributed by atoms with van der Waals surface area (Å²) in [5.41, 5.74) is 6.86. The van der Waals surface area contributed by atoms with Crippen molar-refractivity contribution >= 4 is 34.1 Å². The Hall–Kier alpha value is -2.90. The number of hydrogen-bond donors (Lipinski definition) is 3. The molecule has 1 aliphatic heterocycles. The average molecular weight is 287 g/mol. The molecule has 0 bridgehead atoms. The van der Waals surface area contributed by atoms with Crippen molar-refractivity contribution in [1.29, 1.82) is 0 Å². The third kappa shape index (κ3) is 2.10. The fourth-order valence-corrected chi connectivity index (χ4v) is 2.31. The number of likely N-dealkylation sites (tertiary alicyclic amines) is 1. The Kier molecular flexibility index (Phi) is 2.86. The minimum Gasteiger partial charge on any atom is -0.397 e. The number of carbonyl (C=O) groups excluding carboxylic acids is 2. The van der Waals surface area contributed by atoms with Crippen molar-refractivity contribution in [2.75, 3.05) is 18.1 Å². The number of rotatable bonds is 2. The van der Waals surface area contributed by atoms with Gasteiger partial charge in [-0.1, -0.05) is 0 Å². The molecule has 1 aliphatic rings. The molecule has 1 saturated heterocycles. The first-order valence-electron chi connectivity index (χ1n) is 6.31. The van der Waals surface area contributed by atoms with Gasteiger partial charge in [-0.25, -0.2) is 4.98 Å². The van der Waals surface area contributed by atoms with E-state index in [0.717, 1.165) is 4.90 Å². The Morgan fingerprint density at radius 1 is 1.38 bits per heavy atom. The second-order valence-electron chi connectivity index (χ2n) is 4.88. The van der Waals surface area contributed by atoms with E-state index in [1.807, 2.05) is 0 Å². The lowest BCUT2D eigenvalue weighted by Gasteiger charge is -2.14. The number of nitrogens with one attached hydrogen (secondary N) is 2. The molecule has 8 heteroatoms. The van der Waals surface area contributed by atoms with Gasteiger partial charge in [-0.2, -0.15) is 0 Å². The van der Waals surface area contributed by atoms with E-state index < -0.39 is 6.04 Å². The maximum Gasteiger partial charge on any atom is 0.258 e. The zero-order chi connectivity index (χ0) is 15.1. The zero-order valence-corrected chi connectivity index (χ0v) is 11.2. The number of aromatic nitrogens is 2. The van der Waals surface area contributed by atoms with Crippen molar-refractivity contribution in [3.8, 4) is 0 Å². The molecule has 3 rings (SSSR count). The predicted molar refractivity (Wildman–Crippen MR) is 76.6 cm³/mol. The quantitative estimate of drug-likeness (QED) is 0.514. The number of nitrogens with zero attached hydrogens (tertiary/aromatic N) is 2. The Morgan fingerprint density at radius 2 is 2.14 bits per heavy atom. The highest BCUT2D eigenvalue weighted by atomic mass is 16.2. The monoisotopic (exact) mass is 287 g/mol. The van der Waals surface area contributed by atoms with Gasteiger partial charge < -0.3 is 16.0 Å². The minimum absolute atomic E-state index is 0.0790. The van der Waals surface area contributed by atoms with Gasteiger partial charge in [0, 0.05) is 7.05 Å². The molecule has 2 heterocycles. The largest absolute Gasteiger partial charge is 0.397 e. The number of amides is 2. The first-order chi connectivity index (χ1) is 9.97. The second kappa shape index (κ2) is 4.58. The van der Waals surface area contributed by atoms with Crippen molar-refractivity contribution in [3.05, 3.63) is 28.8 Å². The highest BCUT2D eigenvalue weighted by Gasteiger charge is 2.36.